The molecule has 0 aliphatic carbocycles. The van der Waals surface area contributed by atoms with Crippen molar-refractivity contribution in [3.05, 3.63) is 42.4 Å². The van der Waals surface area contributed by atoms with E-state index in [2.05, 4.69) is 40.4 Å². The van der Waals surface area contributed by atoms with Crippen molar-refractivity contribution in [1.82, 2.24) is 25.2 Å². The van der Waals surface area contributed by atoms with Crippen LogP contribution in [0.4, 0.5) is 11.8 Å². The van der Waals surface area contributed by atoms with Crippen molar-refractivity contribution in [2.24, 2.45) is 4.99 Å². The van der Waals surface area contributed by atoms with Crippen molar-refractivity contribution in [3.63, 3.8) is 0 Å². The Morgan fingerprint density at radius 3 is 2.59 bits per heavy atom. The lowest BCUT2D eigenvalue weighted by molar-refractivity contribution is -0.116. The van der Waals surface area contributed by atoms with E-state index in [1.54, 1.807) is 18.5 Å². The SMILES string of the molecule is CCNC(=NCCC(=O)Nc1cccc(C)n1)N1CCN(c2ncccn2)CC1. The van der Waals surface area contributed by atoms with Crippen LogP contribution in [0, 0.1) is 6.92 Å². The molecule has 0 spiro atoms. The van der Waals surface area contributed by atoms with Crippen LogP contribution in [0.3, 0.4) is 0 Å². The largest absolute Gasteiger partial charge is 0.357 e. The number of nitrogens with one attached hydrogen (secondary N) is 2. The van der Waals surface area contributed by atoms with Gasteiger partial charge < -0.3 is 20.4 Å². The van der Waals surface area contributed by atoms with Gasteiger partial charge in [0.05, 0.1) is 6.54 Å². The number of rotatable bonds is 6. The maximum Gasteiger partial charge on any atom is 0.227 e. The molecule has 9 heteroatoms. The summed E-state index contributed by atoms with van der Waals surface area (Å²) in [6, 6.07) is 7.38. The molecule has 1 aliphatic rings. The molecule has 0 bridgehead atoms. The summed E-state index contributed by atoms with van der Waals surface area (Å²) in [6.45, 7) is 8.43. The van der Waals surface area contributed by atoms with Gasteiger partial charge in [0, 0.05) is 57.2 Å². The van der Waals surface area contributed by atoms with Gasteiger partial charge in [0.15, 0.2) is 5.96 Å². The van der Waals surface area contributed by atoms with Crippen LogP contribution in [0.5, 0.6) is 0 Å². The third-order valence-electron chi connectivity index (χ3n) is 4.51. The Kier molecular flexibility index (Phi) is 7.32. The summed E-state index contributed by atoms with van der Waals surface area (Å²) < 4.78 is 0. The Morgan fingerprint density at radius 1 is 1.14 bits per heavy atom. The molecule has 3 rings (SSSR count). The lowest BCUT2D eigenvalue weighted by atomic mass is 10.3. The van der Waals surface area contributed by atoms with Crippen molar-refractivity contribution in [2.75, 3.05) is 49.5 Å². The number of anilines is 2. The second-order valence-corrected chi connectivity index (χ2v) is 6.72. The molecule has 1 saturated heterocycles. The number of nitrogens with zero attached hydrogens (tertiary/aromatic N) is 6. The second-order valence-electron chi connectivity index (χ2n) is 6.72. The lowest BCUT2D eigenvalue weighted by Crippen LogP contribution is -2.53. The highest BCUT2D eigenvalue weighted by atomic mass is 16.1. The lowest BCUT2D eigenvalue weighted by Gasteiger charge is -2.36. The van der Waals surface area contributed by atoms with E-state index in [0.717, 1.165) is 50.3 Å². The molecule has 3 heterocycles. The zero-order chi connectivity index (χ0) is 20.5. The summed E-state index contributed by atoms with van der Waals surface area (Å²) in [7, 11) is 0. The van der Waals surface area contributed by atoms with Gasteiger partial charge in [-0.3, -0.25) is 9.79 Å². The third-order valence-corrected chi connectivity index (χ3v) is 4.51. The van der Waals surface area contributed by atoms with Crippen LogP contribution in [0.15, 0.2) is 41.7 Å². The van der Waals surface area contributed by atoms with Gasteiger partial charge in [0.2, 0.25) is 11.9 Å². The number of hydrogen-bond donors (Lipinski definition) is 2. The van der Waals surface area contributed by atoms with E-state index in [1.807, 2.05) is 32.0 Å². The van der Waals surface area contributed by atoms with Gasteiger partial charge in [0.1, 0.15) is 5.82 Å². The average Bonchev–Trinajstić information content (AvgIpc) is 2.74. The van der Waals surface area contributed by atoms with Crippen LogP contribution in [-0.4, -0.2) is 71.0 Å². The van der Waals surface area contributed by atoms with Gasteiger partial charge in [-0.05, 0) is 32.0 Å². The molecule has 0 atom stereocenters. The predicted octanol–water partition coefficient (Wildman–Crippen LogP) is 1.30. The first kappa shape index (κ1) is 20.5. The molecule has 9 nitrogen and oxygen atoms in total. The van der Waals surface area contributed by atoms with E-state index >= 15 is 0 Å². The van der Waals surface area contributed by atoms with Crippen molar-refractivity contribution >= 4 is 23.6 Å². The maximum atomic E-state index is 12.2. The third kappa shape index (κ3) is 6.13. The van der Waals surface area contributed by atoms with Crippen molar-refractivity contribution < 1.29 is 4.79 Å². The summed E-state index contributed by atoms with van der Waals surface area (Å²) in [4.78, 5) is 34.1. The molecule has 2 aromatic rings. The first-order valence-corrected chi connectivity index (χ1v) is 9.94. The Morgan fingerprint density at radius 2 is 1.90 bits per heavy atom. The highest BCUT2D eigenvalue weighted by Crippen LogP contribution is 2.10. The number of amides is 1. The molecule has 29 heavy (non-hydrogen) atoms. The van der Waals surface area contributed by atoms with Gasteiger partial charge in [0.25, 0.3) is 0 Å². The molecule has 1 aliphatic heterocycles. The molecule has 0 saturated carbocycles. The van der Waals surface area contributed by atoms with Crippen LogP contribution >= 0.6 is 0 Å². The van der Waals surface area contributed by atoms with Crippen LogP contribution in [0.25, 0.3) is 0 Å². The molecule has 154 valence electrons. The van der Waals surface area contributed by atoms with E-state index in [4.69, 9.17) is 0 Å². The van der Waals surface area contributed by atoms with Crippen molar-refractivity contribution in [3.8, 4) is 0 Å². The monoisotopic (exact) mass is 396 g/mol. The standard InChI is InChI=1S/C20H28N8O/c1-3-21-19(24-11-8-18(29)26-17-7-4-6-16(2)25-17)27-12-14-28(15-13-27)20-22-9-5-10-23-20/h4-7,9-10H,3,8,11-15H2,1-2H3,(H,21,24)(H,25,26,29). The van der Waals surface area contributed by atoms with Crippen LogP contribution in [-0.2, 0) is 4.79 Å². The molecule has 1 fully saturated rings. The first-order chi connectivity index (χ1) is 14.2. The summed E-state index contributed by atoms with van der Waals surface area (Å²) in [5, 5.41) is 6.14. The number of aliphatic imine (C=N–C) groups is 1. The van der Waals surface area contributed by atoms with E-state index in [-0.39, 0.29) is 5.91 Å². The van der Waals surface area contributed by atoms with E-state index in [1.165, 1.54) is 0 Å². The fourth-order valence-electron chi connectivity index (χ4n) is 3.08. The fraction of sp³-hybridized carbons (Fsp3) is 0.450. The number of pyridine rings is 1. The highest BCUT2D eigenvalue weighted by molar-refractivity contribution is 5.90. The van der Waals surface area contributed by atoms with Gasteiger partial charge in [-0.1, -0.05) is 6.07 Å². The Labute approximate surface area is 171 Å². The van der Waals surface area contributed by atoms with Crippen LogP contribution < -0.4 is 15.5 Å². The number of guanidine groups is 1. The summed E-state index contributed by atoms with van der Waals surface area (Å²) in [5.74, 6) is 2.08. The topological polar surface area (TPSA) is 98.6 Å². The molecular formula is C20H28N8O. The average molecular weight is 396 g/mol. The second kappa shape index (κ2) is 10.4. The van der Waals surface area contributed by atoms with E-state index in [9.17, 15) is 4.79 Å². The van der Waals surface area contributed by atoms with Gasteiger partial charge in [-0.15, -0.1) is 0 Å². The van der Waals surface area contributed by atoms with E-state index in [0.29, 0.717) is 18.8 Å². The molecular weight excluding hydrogens is 368 g/mol. The highest BCUT2D eigenvalue weighted by Gasteiger charge is 2.21. The van der Waals surface area contributed by atoms with Gasteiger partial charge >= 0.3 is 0 Å². The fourth-order valence-corrected chi connectivity index (χ4v) is 3.08. The number of aryl methyl sites for hydroxylation is 1. The summed E-state index contributed by atoms with van der Waals surface area (Å²) >= 11 is 0. The predicted molar refractivity (Wildman–Crippen MR) is 114 cm³/mol. The quantitative estimate of drug-likeness (QED) is 0.561. The molecule has 0 radical (unpaired) electrons. The van der Waals surface area contributed by atoms with E-state index < -0.39 is 0 Å². The summed E-state index contributed by atoms with van der Waals surface area (Å²) in [5.41, 5.74) is 0.871. The molecule has 0 aromatic carbocycles. The van der Waals surface area contributed by atoms with Crippen LogP contribution in [0.1, 0.15) is 19.0 Å². The number of aromatic nitrogens is 3. The minimum absolute atomic E-state index is 0.0891. The maximum absolute atomic E-state index is 12.2. The normalized spacial score (nSPS) is 14.6. The number of carbonyl (C=O) groups is 1. The molecule has 2 N–H and O–H groups in total. The van der Waals surface area contributed by atoms with Crippen molar-refractivity contribution in [1.29, 1.82) is 0 Å². The minimum Gasteiger partial charge on any atom is -0.357 e. The Bertz CT molecular complexity index is 818. The number of hydrogen-bond acceptors (Lipinski definition) is 6. The zero-order valence-corrected chi connectivity index (χ0v) is 17.0. The Balaban J connectivity index is 1.50. The Hall–Kier alpha value is -3.23. The van der Waals surface area contributed by atoms with Gasteiger partial charge in [-0.2, -0.15) is 0 Å². The molecule has 1 amide bonds. The van der Waals surface area contributed by atoms with Crippen molar-refractivity contribution in [2.45, 2.75) is 20.3 Å². The number of carbonyl (C=O) groups excluding carboxylic acids is 1. The zero-order valence-electron chi connectivity index (χ0n) is 17.0. The smallest absolute Gasteiger partial charge is 0.227 e. The van der Waals surface area contributed by atoms with Crippen LogP contribution in [0.2, 0.25) is 0 Å². The first-order valence-electron chi connectivity index (χ1n) is 9.94. The molecule has 0 unspecified atom stereocenters. The van der Waals surface area contributed by atoms with Gasteiger partial charge in [-0.25, -0.2) is 15.0 Å². The number of piperazine rings is 1. The minimum atomic E-state index is -0.0891. The summed E-state index contributed by atoms with van der Waals surface area (Å²) in [6.07, 6.45) is 3.83. The molecule has 2 aromatic heterocycles.